The van der Waals surface area contributed by atoms with Crippen molar-refractivity contribution >= 4 is 5.91 Å². The molecular weight excluding hydrogens is 256 g/mol. The molecule has 5 nitrogen and oxygen atoms in total. The van der Waals surface area contributed by atoms with Crippen LogP contribution in [0.3, 0.4) is 0 Å². The van der Waals surface area contributed by atoms with Crippen LogP contribution in [0.25, 0.3) is 0 Å². The van der Waals surface area contributed by atoms with Gasteiger partial charge in [0.2, 0.25) is 5.76 Å². The third-order valence-corrected chi connectivity index (χ3v) is 3.71. The van der Waals surface area contributed by atoms with Gasteiger partial charge in [-0.15, -0.1) is 0 Å². The predicted molar refractivity (Wildman–Crippen MR) is 72.1 cm³/mol. The number of aliphatic hydroxyl groups is 1. The van der Waals surface area contributed by atoms with E-state index in [4.69, 9.17) is 4.52 Å². The van der Waals surface area contributed by atoms with Crippen LogP contribution >= 0.6 is 0 Å². The zero-order valence-corrected chi connectivity index (χ0v) is 11.0. The molecule has 1 N–H and O–H groups in total. The number of carbonyl (C=O) groups excluding carboxylic acids is 1. The van der Waals surface area contributed by atoms with Crippen LogP contribution in [-0.4, -0.2) is 39.8 Å². The molecule has 3 rings (SSSR count). The summed E-state index contributed by atoms with van der Waals surface area (Å²) in [4.78, 5) is 14.0. The number of carbonyl (C=O) groups is 1. The largest absolute Gasteiger partial charge is 0.391 e. The van der Waals surface area contributed by atoms with Crippen LogP contribution in [-0.2, 0) is 6.42 Å². The van der Waals surface area contributed by atoms with E-state index in [9.17, 15) is 9.90 Å². The van der Waals surface area contributed by atoms with Gasteiger partial charge in [-0.25, -0.2) is 0 Å². The average Bonchev–Trinajstić information content (AvgIpc) is 3.11. The van der Waals surface area contributed by atoms with Crippen LogP contribution in [0, 0.1) is 0 Å². The Bertz CT molecular complexity index is 568. The third kappa shape index (κ3) is 2.44. The smallest absolute Gasteiger partial charge is 0.292 e. The molecule has 1 aromatic carbocycles. The van der Waals surface area contributed by atoms with Gasteiger partial charge in [0.25, 0.3) is 5.91 Å². The van der Waals surface area contributed by atoms with E-state index in [1.807, 2.05) is 30.3 Å². The van der Waals surface area contributed by atoms with E-state index in [-0.39, 0.29) is 17.7 Å². The molecule has 1 aliphatic heterocycles. The molecule has 2 aromatic rings. The number of benzene rings is 1. The predicted octanol–water partition coefficient (Wildman–Crippen LogP) is 1.49. The molecule has 0 unspecified atom stereocenters. The van der Waals surface area contributed by atoms with Crippen molar-refractivity contribution in [1.82, 2.24) is 10.1 Å². The van der Waals surface area contributed by atoms with Crippen molar-refractivity contribution in [2.75, 3.05) is 6.54 Å². The second-order valence-electron chi connectivity index (χ2n) is 4.99. The lowest BCUT2D eigenvalue weighted by molar-refractivity contribution is 0.0601. The minimum atomic E-state index is -0.498. The Morgan fingerprint density at radius 1 is 1.35 bits per heavy atom. The number of rotatable bonds is 3. The summed E-state index contributed by atoms with van der Waals surface area (Å²) in [5.41, 5.74) is 1.11. The van der Waals surface area contributed by atoms with Crippen LogP contribution in [0.5, 0.6) is 0 Å². The molecule has 0 radical (unpaired) electrons. The van der Waals surface area contributed by atoms with Gasteiger partial charge in [0.05, 0.1) is 18.3 Å². The first-order chi connectivity index (χ1) is 9.75. The van der Waals surface area contributed by atoms with Crippen molar-refractivity contribution in [1.29, 1.82) is 0 Å². The molecule has 0 aliphatic carbocycles. The third-order valence-electron chi connectivity index (χ3n) is 3.71. The zero-order chi connectivity index (χ0) is 13.9. The molecule has 1 amide bonds. The summed E-state index contributed by atoms with van der Waals surface area (Å²) in [7, 11) is 0. The molecule has 1 aromatic heterocycles. The average molecular weight is 272 g/mol. The van der Waals surface area contributed by atoms with Crippen LogP contribution < -0.4 is 0 Å². The summed E-state index contributed by atoms with van der Waals surface area (Å²) in [5, 5.41) is 13.7. The number of likely N-dealkylation sites (tertiary alicyclic amines) is 1. The van der Waals surface area contributed by atoms with E-state index in [0.29, 0.717) is 19.4 Å². The molecule has 20 heavy (non-hydrogen) atoms. The molecule has 0 saturated carbocycles. The minimum absolute atomic E-state index is 0.208. The van der Waals surface area contributed by atoms with Crippen LogP contribution in [0.15, 0.2) is 47.1 Å². The highest BCUT2D eigenvalue weighted by Crippen LogP contribution is 2.23. The molecule has 104 valence electrons. The lowest BCUT2D eigenvalue weighted by Crippen LogP contribution is -2.41. The number of nitrogens with zero attached hydrogens (tertiary/aromatic N) is 2. The SMILES string of the molecule is O=C(c1ccno1)N1CC[C@@H](O)[C@H]1Cc1ccccc1. The van der Waals surface area contributed by atoms with E-state index >= 15 is 0 Å². The maximum Gasteiger partial charge on any atom is 0.292 e. The first-order valence-corrected chi connectivity index (χ1v) is 6.69. The Kier molecular flexibility index (Phi) is 3.52. The number of aliphatic hydroxyl groups excluding tert-OH is 1. The second kappa shape index (κ2) is 5.46. The minimum Gasteiger partial charge on any atom is -0.391 e. The summed E-state index contributed by atoms with van der Waals surface area (Å²) in [6.07, 6.45) is 2.19. The highest BCUT2D eigenvalue weighted by Gasteiger charge is 2.37. The Labute approximate surface area is 116 Å². The molecule has 1 saturated heterocycles. The topological polar surface area (TPSA) is 66.6 Å². The van der Waals surface area contributed by atoms with Crippen molar-refractivity contribution in [3.8, 4) is 0 Å². The fourth-order valence-corrected chi connectivity index (χ4v) is 2.66. The monoisotopic (exact) mass is 272 g/mol. The molecule has 1 aliphatic rings. The van der Waals surface area contributed by atoms with E-state index in [1.165, 1.54) is 6.20 Å². The maximum atomic E-state index is 12.3. The zero-order valence-electron chi connectivity index (χ0n) is 11.0. The van der Waals surface area contributed by atoms with Crippen molar-refractivity contribution in [2.45, 2.75) is 25.0 Å². The summed E-state index contributed by atoms with van der Waals surface area (Å²) in [6, 6.07) is 11.2. The van der Waals surface area contributed by atoms with Gasteiger partial charge in [0.15, 0.2) is 0 Å². The normalized spacial score (nSPS) is 22.1. The fraction of sp³-hybridized carbons (Fsp3) is 0.333. The van der Waals surface area contributed by atoms with E-state index in [0.717, 1.165) is 5.56 Å². The summed E-state index contributed by atoms with van der Waals surface area (Å²) in [5.74, 6) is 0.0112. The molecule has 0 bridgehead atoms. The van der Waals surface area contributed by atoms with E-state index in [1.54, 1.807) is 11.0 Å². The Morgan fingerprint density at radius 2 is 2.15 bits per heavy atom. The summed E-state index contributed by atoms with van der Waals surface area (Å²) < 4.78 is 4.92. The number of hydrogen-bond donors (Lipinski definition) is 1. The highest BCUT2D eigenvalue weighted by atomic mass is 16.5. The maximum absolute atomic E-state index is 12.3. The quantitative estimate of drug-likeness (QED) is 0.919. The second-order valence-corrected chi connectivity index (χ2v) is 4.99. The van der Waals surface area contributed by atoms with Crippen molar-refractivity contribution in [3.63, 3.8) is 0 Å². The number of aromatic nitrogens is 1. The van der Waals surface area contributed by atoms with Crippen LogP contribution in [0.2, 0.25) is 0 Å². The number of amides is 1. The first-order valence-electron chi connectivity index (χ1n) is 6.69. The van der Waals surface area contributed by atoms with Crippen molar-refractivity contribution in [3.05, 3.63) is 53.9 Å². The molecule has 5 heteroatoms. The summed E-state index contributed by atoms with van der Waals surface area (Å²) >= 11 is 0. The van der Waals surface area contributed by atoms with Gasteiger partial charge in [0.1, 0.15) is 0 Å². The lowest BCUT2D eigenvalue weighted by Gasteiger charge is -2.25. The Hall–Kier alpha value is -2.14. The molecule has 1 fully saturated rings. The van der Waals surface area contributed by atoms with Gasteiger partial charge in [-0.3, -0.25) is 4.79 Å². The van der Waals surface area contributed by atoms with Crippen molar-refractivity contribution in [2.24, 2.45) is 0 Å². The van der Waals surface area contributed by atoms with E-state index < -0.39 is 6.10 Å². The summed E-state index contributed by atoms with van der Waals surface area (Å²) in [6.45, 7) is 0.540. The molecule has 0 spiro atoms. The Balaban J connectivity index is 1.78. The fourth-order valence-electron chi connectivity index (χ4n) is 2.66. The number of hydrogen-bond acceptors (Lipinski definition) is 4. The van der Waals surface area contributed by atoms with Gasteiger partial charge < -0.3 is 14.5 Å². The van der Waals surface area contributed by atoms with Crippen LogP contribution in [0.4, 0.5) is 0 Å². The lowest BCUT2D eigenvalue weighted by atomic mass is 10.0. The van der Waals surface area contributed by atoms with Gasteiger partial charge in [0, 0.05) is 12.6 Å². The standard InChI is InChI=1S/C15H16N2O3/c18-13-7-9-17(15(19)14-6-8-16-20-14)12(13)10-11-4-2-1-3-5-11/h1-6,8,12-13,18H,7,9-10H2/t12-,13-/m1/s1. The van der Waals surface area contributed by atoms with Gasteiger partial charge in [-0.2, -0.15) is 0 Å². The van der Waals surface area contributed by atoms with E-state index in [2.05, 4.69) is 5.16 Å². The van der Waals surface area contributed by atoms with Gasteiger partial charge >= 0.3 is 0 Å². The highest BCUT2D eigenvalue weighted by molar-refractivity contribution is 5.91. The molecular formula is C15H16N2O3. The molecule has 2 atom stereocenters. The first kappa shape index (κ1) is 12.9. The molecule has 2 heterocycles. The Morgan fingerprint density at radius 3 is 2.85 bits per heavy atom. The van der Waals surface area contributed by atoms with Gasteiger partial charge in [-0.05, 0) is 18.4 Å². The van der Waals surface area contributed by atoms with Gasteiger partial charge in [-0.1, -0.05) is 35.5 Å². The van der Waals surface area contributed by atoms with Crippen molar-refractivity contribution < 1.29 is 14.4 Å². The van der Waals surface area contributed by atoms with Crippen LogP contribution in [0.1, 0.15) is 22.5 Å².